The lowest BCUT2D eigenvalue weighted by molar-refractivity contribution is 0.308. The number of benzene rings is 2. The quantitative estimate of drug-likeness (QED) is 0.496. The van der Waals surface area contributed by atoms with Gasteiger partial charge in [-0.25, -0.2) is 4.39 Å². The lowest BCUT2D eigenvalue weighted by Crippen LogP contribution is -2.13. The van der Waals surface area contributed by atoms with E-state index in [2.05, 4.69) is 43.3 Å². The van der Waals surface area contributed by atoms with Gasteiger partial charge >= 0.3 is 0 Å². The number of aryl methyl sites for hydroxylation is 2. The zero-order valence-corrected chi connectivity index (χ0v) is 17.4. The Morgan fingerprint density at radius 3 is 2.36 bits per heavy atom. The molecule has 1 fully saturated rings. The van der Waals surface area contributed by atoms with E-state index in [-0.39, 0.29) is 5.82 Å². The minimum atomic E-state index is -0.0622. The van der Waals surface area contributed by atoms with Gasteiger partial charge in [0.25, 0.3) is 0 Å². The lowest BCUT2D eigenvalue weighted by Gasteiger charge is -2.28. The first-order valence-electron chi connectivity index (χ1n) is 11.3. The summed E-state index contributed by atoms with van der Waals surface area (Å²) in [7, 11) is 0. The highest BCUT2D eigenvalue weighted by Crippen LogP contribution is 2.38. The first-order chi connectivity index (χ1) is 13.7. The third-order valence-electron chi connectivity index (χ3n) is 6.98. The van der Waals surface area contributed by atoms with Crippen molar-refractivity contribution in [3.05, 3.63) is 70.0 Å². The van der Waals surface area contributed by atoms with Crippen LogP contribution in [0.15, 0.2) is 36.4 Å². The molecule has 0 aliphatic heterocycles. The van der Waals surface area contributed by atoms with Crippen molar-refractivity contribution in [2.75, 3.05) is 0 Å². The highest BCUT2D eigenvalue weighted by atomic mass is 19.1. The smallest absolute Gasteiger partial charge is 0.127 e. The van der Waals surface area contributed by atoms with Crippen molar-refractivity contribution >= 4 is 11.6 Å². The maximum absolute atomic E-state index is 14.2. The minimum Gasteiger partial charge on any atom is -0.207 e. The van der Waals surface area contributed by atoms with E-state index in [9.17, 15) is 4.39 Å². The minimum absolute atomic E-state index is 0.0622. The number of rotatable bonds is 5. The van der Waals surface area contributed by atoms with Crippen molar-refractivity contribution < 1.29 is 4.39 Å². The first-order valence-corrected chi connectivity index (χ1v) is 11.3. The Morgan fingerprint density at radius 2 is 1.68 bits per heavy atom. The van der Waals surface area contributed by atoms with Crippen molar-refractivity contribution in [2.45, 2.75) is 77.6 Å². The van der Waals surface area contributed by atoms with Crippen LogP contribution in [-0.2, 0) is 12.8 Å². The van der Waals surface area contributed by atoms with Gasteiger partial charge in [-0.3, -0.25) is 0 Å². The SMILES string of the molecule is CCCC1CCC(c2ccc(C3=Cc4cc(F)c(CC)cc4CC3)cc2)CC1. The second kappa shape index (κ2) is 8.64. The van der Waals surface area contributed by atoms with Crippen LogP contribution in [0.3, 0.4) is 0 Å². The van der Waals surface area contributed by atoms with Crippen LogP contribution in [0.2, 0.25) is 0 Å². The molecule has 148 valence electrons. The predicted molar refractivity (Wildman–Crippen MR) is 118 cm³/mol. The third-order valence-corrected chi connectivity index (χ3v) is 6.98. The Kier molecular flexibility index (Phi) is 5.99. The number of hydrogen-bond donors (Lipinski definition) is 0. The van der Waals surface area contributed by atoms with Crippen LogP contribution in [0, 0.1) is 11.7 Å². The van der Waals surface area contributed by atoms with Gasteiger partial charge in [-0.05, 0) is 96.2 Å². The van der Waals surface area contributed by atoms with Crippen LogP contribution in [0.4, 0.5) is 4.39 Å². The molecule has 1 heteroatoms. The van der Waals surface area contributed by atoms with Crippen LogP contribution in [-0.4, -0.2) is 0 Å². The fraction of sp³-hybridized carbons (Fsp3) is 0.481. The molecule has 4 rings (SSSR count). The van der Waals surface area contributed by atoms with Crippen LogP contribution in [0.5, 0.6) is 0 Å². The molecule has 0 amide bonds. The molecule has 28 heavy (non-hydrogen) atoms. The lowest BCUT2D eigenvalue weighted by atomic mass is 9.77. The van der Waals surface area contributed by atoms with E-state index in [1.165, 1.54) is 60.8 Å². The highest BCUT2D eigenvalue weighted by molar-refractivity contribution is 5.84. The Bertz CT molecular complexity index is 835. The molecule has 1 saturated carbocycles. The zero-order valence-electron chi connectivity index (χ0n) is 17.4. The average molecular weight is 377 g/mol. The molecular formula is C27H33F. The Morgan fingerprint density at radius 1 is 0.929 bits per heavy atom. The van der Waals surface area contributed by atoms with Crippen molar-refractivity contribution in [1.82, 2.24) is 0 Å². The molecule has 2 aliphatic rings. The van der Waals surface area contributed by atoms with Gasteiger partial charge in [-0.2, -0.15) is 0 Å². The van der Waals surface area contributed by atoms with E-state index in [0.717, 1.165) is 42.2 Å². The number of hydrogen-bond acceptors (Lipinski definition) is 0. The van der Waals surface area contributed by atoms with Crippen LogP contribution in [0.1, 0.15) is 92.5 Å². The third kappa shape index (κ3) is 4.09. The summed E-state index contributed by atoms with van der Waals surface area (Å²) in [5.74, 6) is 1.64. The summed E-state index contributed by atoms with van der Waals surface area (Å²) < 4.78 is 14.2. The summed E-state index contributed by atoms with van der Waals surface area (Å²) in [5.41, 5.74) is 7.35. The fourth-order valence-electron chi connectivity index (χ4n) is 5.23. The normalized spacial score (nSPS) is 21.9. The highest BCUT2D eigenvalue weighted by Gasteiger charge is 2.22. The molecular weight excluding hydrogens is 343 g/mol. The second-order valence-electron chi connectivity index (χ2n) is 8.79. The van der Waals surface area contributed by atoms with E-state index < -0.39 is 0 Å². The van der Waals surface area contributed by atoms with Gasteiger partial charge in [0.05, 0.1) is 0 Å². The van der Waals surface area contributed by atoms with Gasteiger partial charge in [0, 0.05) is 0 Å². The van der Waals surface area contributed by atoms with Gasteiger partial charge in [0.1, 0.15) is 5.82 Å². The van der Waals surface area contributed by atoms with Gasteiger partial charge in [0.2, 0.25) is 0 Å². The van der Waals surface area contributed by atoms with E-state index in [1.807, 2.05) is 6.92 Å². The molecule has 0 atom stereocenters. The maximum atomic E-state index is 14.2. The van der Waals surface area contributed by atoms with Gasteiger partial charge in [-0.1, -0.05) is 63.1 Å². The molecule has 2 aliphatic carbocycles. The predicted octanol–water partition coefficient (Wildman–Crippen LogP) is 7.95. The van der Waals surface area contributed by atoms with Crippen molar-refractivity contribution in [2.24, 2.45) is 5.92 Å². The van der Waals surface area contributed by atoms with Gasteiger partial charge < -0.3 is 0 Å². The summed E-state index contributed by atoms with van der Waals surface area (Å²) in [5, 5.41) is 0. The molecule has 2 aromatic carbocycles. The molecule has 0 spiro atoms. The van der Waals surface area contributed by atoms with Gasteiger partial charge in [-0.15, -0.1) is 0 Å². The van der Waals surface area contributed by atoms with Crippen LogP contribution >= 0.6 is 0 Å². The summed E-state index contributed by atoms with van der Waals surface area (Å²) in [4.78, 5) is 0. The summed E-state index contributed by atoms with van der Waals surface area (Å²) in [6, 6.07) is 13.1. The van der Waals surface area contributed by atoms with Crippen LogP contribution < -0.4 is 0 Å². The van der Waals surface area contributed by atoms with Crippen molar-refractivity contribution in [1.29, 1.82) is 0 Å². The molecule has 2 aromatic rings. The zero-order chi connectivity index (χ0) is 19.5. The van der Waals surface area contributed by atoms with E-state index in [4.69, 9.17) is 0 Å². The second-order valence-corrected chi connectivity index (χ2v) is 8.79. The standard InChI is InChI=1S/C27H33F/c1-3-5-19-6-8-21(9-7-19)22-10-12-23(13-11-22)24-14-15-25-16-20(4-2)27(28)18-26(25)17-24/h10-13,16-19,21H,3-9,14-15H2,1-2H3. The summed E-state index contributed by atoms with van der Waals surface area (Å²) >= 11 is 0. The average Bonchev–Trinajstić information content (AvgIpc) is 2.74. The summed E-state index contributed by atoms with van der Waals surface area (Å²) in [6.45, 7) is 4.33. The topological polar surface area (TPSA) is 0 Å². The van der Waals surface area contributed by atoms with Crippen molar-refractivity contribution in [3.8, 4) is 0 Å². The molecule has 0 bridgehead atoms. The Labute approximate surface area is 169 Å². The first kappa shape index (κ1) is 19.4. The molecule has 0 unspecified atom stereocenters. The largest absolute Gasteiger partial charge is 0.207 e. The van der Waals surface area contributed by atoms with E-state index in [0.29, 0.717) is 0 Å². The van der Waals surface area contributed by atoms with Crippen LogP contribution in [0.25, 0.3) is 11.6 Å². The monoisotopic (exact) mass is 376 g/mol. The Hall–Kier alpha value is -1.89. The summed E-state index contributed by atoms with van der Waals surface area (Å²) in [6.07, 6.45) is 13.2. The molecule has 0 radical (unpaired) electrons. The number of halogens is 1. The van der Waals surface area contributed by atoms with Gasteiger partial charge in [0.15, 0.2) is 0 Å². The maximum Gasteiger partial charge on any atom is 0.127 e. The van der Waals surface area contributed by atoms with E-state index in [1.54, 1.807) is 6.07 Å². The fourth-order valence-corrected chi connectivity index (χ4v) is 5.23. The molecule has 0 saturated heterocycles. The van der Waals surface area contributed by atoms with Crippen molar-refractivity contribution in [3.63, 3.8) is 0 Å². The van der Waals surface area contributed by atoms with E-state index >= 15 is 0 Å². The number of fused-ring (bicyclic) bond motifs is 1. The molecule has 0 N–H and O–H groups in total. The Balaban J connectivity index is 1.48. The molecule has 0 aromatic heterocycles. The number of allylic oxidation sites excluding steroid dienone is 1. The molecule has 0 nitrogen and oxygen atoms in total. The molecule has 0 heterocycles.